The fraction of sp³-hybridized carbons (Fsp3) is 0.905. The van der Waals surface area contributed by atoms with Crippen molar-refractivity contribution in [2.45, 2.75) is 95.8 Å². The molecule has 0 spiro atoms. The molecule has 3 N–H and O–H groups in total. The van der Waals surface area contributed by atoms with Crippen molar-refractivity contribution in [2.75, 3.05) is 0 Å². The average molecular weight is 351 g/mol. The molecule has 0 amide bonds. The first-order chi connectivity index (χ1) is 11.3. The van der Waals surface area contributed by atoms with Gasteiger partial charge in [0.25, 0.3) is 0 Å². The van der Waals surface area contributed by atoms with Gasteiger partial charge in [-0.15, -0.1) is 9.24 Å². The highest BCUT2D eigenvalue weighted by Gasteiger charge is 2.48. The summed E-state index contributed by atoms with van der Waals surface area (Å²) in [6, 6.07) is 0.678. The van der Waals surface area contributed by atoms with Crippen molar-refractivity contribution in [1.82, 2.24) is 5.32 Å². The Morgan fingerprint density at radius 1 is 1.12 bits per heavy atom. The van der Waals surface area contributed by atoms with E-state index in [1.165, 1.54) is 57.1 Å². The van der Waals surface area contributed by atoms with E-state index in [4.69, 9.17) is 5.73 Å². The van der Waals surface area contributed by atoms with Crippen molar-refractivity contribution in [3.05, 3.63) is 11.8 Å². The van der Waals surface area contributed by atoms with Gasteiger partial charge in [0.1, 0.15) is 0 Å². The second kappa shape index (κ2) is 6.92. The van der Waals surface area contributed by atoms with Crippen LogP contribution in [0.25, 0.3) is 0 Å². The van der Waals surface area contributed by atoms with Gasteiger partial charge in [0, 0.05) is 23.2 Å². The summed E-state index contributed by atoms with van der Waals surface area (Å²) in [4.78, 5) is 0. The van der Waals surface area contributed by atoms with Crippen LogP contribution in [-0.2, 0) is 0 Å². The van der Waals surface area contributed by atoms with Gasteiger partial charge in [0.2, 0.25) is 0 Å². The molecule has 138 valence electrons. The molecule has 2 aliphatic carbocycles. The third-order valence-electron chi connectivity index (χ3n) is 7.67. The standard InChI is InChI=1S/C21H39N2P/c1-14(2)20(22)10-6-5-8-18-16(12-20)17-13-21(24,15(3)4)11-7-9-19(17)23-18/h8,14-17,19,23H,5-7,9-13,22,24H2,1-4H3/b18-8+. The normalized spacial score (nSPS) is 45.5. The monoisotopic (exact) mass is 350 g/mol. The molecule has 3 heteroatoms. The summed E-state index contributed by atoms with van der Waals surface area (Å²) in [5, 5.41) is 4.36. The molecule has 2 nitrogen and oxygen atoms in total. The number of rotatable bonds is 2. The summed E-state index contributed by atoms with van der Waals surface area (Å²) >= 11 is 0. The zero-order chi connectivity index (χ0) is 17.5. The van der Waals surface area contributed by atoms with Crippen molar-refractivity contribution in [2.24, 2.45) is 29.4 Å². The Balaban J connectivity index is 1.90. The van der Waals surface area contributed by atoms with Crippen LogP contribution in [-0.4, -0.2) is 16.7 Å². The van der Waals surface area contributed by atoms with E-state index >= 15 is 0 Å². The maximum Gasteiger partial charge on any atom is 0.0293 e. The number of fused-ring (bicyclic) bond motifs is 3. The van der Waals surface area contributed by atoms with Gasteiger partial charge in [-0.2, -0.15) is 0 Å². The van der Waals surface area contributed by atoms with Crippen LogP contribution in [0.2, 0.25) is 0 Å². The Bertz CT molecular complexity index is 486. The van der Waals surface area contributed by atoms with E-state index in [1.54, 1.807) is 0 Å². The van der Waals surface area contributed by atoms with E-state index in [2.05, 4.69) is 48.3 Å². The molecular weight excluding hydrogens is 311 g/mol. The first-order valence-corrected chi connectivity index (χ1v) is 10.9. The lowest BCUT2D eigenvalue weighted by Crippen LogP contribution is -2.48. The largest absolute Gasteiger partial charge is 0.385 e. The molecule has 1 saturated heterocycles. The van der Waals surface area contributed by atoms with E-state index in [1.807, 2.05) is 0 Å². The van der Waals surface area contributed by atoms with Crippen molar-refractivity contribution in [3.8, 4) is 0 Å². The van der Waals surface area contributed by atoms with E-state index < -0.39 is 0 Å². The van der Waals surface area contributed by atoms with Gasteiger partial charge in [-0.3, -0.25) is 0 Å². The summed E-state index contributed by atoms with van der Waals surface area (Å²) < 4.78 is 0. The van der Waals surface area contributed by atoms with Gasteiger partial charge in [-0.05, 0) is 67.9 Å². The summed E-state index contributed by atoms with van der Waals surface area (Å²) in [6.07, 6.45) is 12.7. The molecule has 1 aliphatic heterocycles. The number of nitrogens with one attached hydrogen (secondary N) is 1. The summed E-state index contributed by atoms with van der Waals surface area (Å²) in [7, 11) is 3.27. The minimum Gasteiger partial charge on any atom is -0.385 e. The molecule has 1 heterocycles. The van der Waals surface area contributed by atoms with Crippen LogP contribution < -0.4 is 11.1 Å². The van der Waals surface area contributed by atoms with Gasteiger partial charge >= 0.3 is 0 Å². The van der Waals surface area contributed by atoms with Gasteiger partial charge in [0.15, 0.2) is 0 Å². The molecule has 1 saturated carbocycles. The quantitative estimate of drug-likeness (QED) is 0.699. The molecule has 3 aliphatic rings. The maximum atomic E-state index is 6.96. The molecule has 0 bridgehead atoms. The fourth-order valence-electron chi connectivity index (χ4n) is 5.42. The van der Waals surface area contributed by atoms with Gasteiger partial charge in [0.05, 0.1) is 0 Å². The predicted octanol–water partition coefficient (Wildman–Crippen LogP) is 4.85. The minimum absolute atomic E-state index is 0.00836. The molecule has 0 aromatic heterocycles. The van der Waals surface area contributed by atoms with E-state index in [0.717, 1.165) is 11.8 Å². The molecule has 6 unspecified atom stereocenters. The lowest BCUT2D eigenvalue weighted by Gasteiger charge is -2.41. The van der Waals surface area contributed by atoms with E-state index in [0.29, 0.717) is 23.0 Å². The van der Waals surface area contributed by atoms with Crippen molar-refractivity contribution >= 4 is 9.24 Å². The first-order valence-electron chi connectivity index (χ1n) is 10.3. The zero-order valence-corrected chi connectivity index (χ0v) is 17.4. The van der Waals surface area contributed by atoms with Gasteiger partial charge in [-0.1, -0.05) is 40.2 Å². The molecule has 0 radical (unpaired) electrons. The molecule has 0 aromatic carbocycles. The smallest absolute Gasteiger partial charge is 0.0293 e. The fourth-order valence-corrected chi connectivity index (χ4v) is 5.90. The molecule has 6 atom stereocenters. The Morgan fingerprint density at radius 3 is 2.54 bits per heavy atom. The topological polar surface area (TPSA) is 38.0 Å². The van der Waals surface area contributed by atoms with Crippen LogP contribution in [0, 0.1) is 23.7 Å². The number of nitrogens with two attached hydrogens (primary N) is 1. The number of hydrogen-bond donors (Lipinski definition) is 2. The maximum absolute atomic E-state index is 6.96. The van der Waals surface area contributed by atoms with Gasteiger partial charge in [-0.25, -0.2) is 0 Å². The van der Waals surface area contributed by atoms with Crippen molar-refractivity contribution < 1.29 is 0 Å². The van der Waals surface area contributed by atoms with Crippen LogP contribution in [0.4, 0.5) is 0 Å². The Morgan fingerprint density at radius 2 is 1.88 bits per heavy atom. The Labute approximate surface area is 152 Å². The van der Waals surface area contributed by atoms with Crippen molar-refractivity contribution in [1.29, 1.82) is 0 Å². The van der Waals surface area contributed by atoms with Crippen LogP contribution in [0.15, 0.2) is 11.8 Å². The molecular formula is C21H39N2P. The predicted molar refractivity (Wildman–Crippen MR) is 108 cm³/mol. The van der Waals surface area contributed by atoms with E-state index in [9.17, 15) is 0 Å². The Hall–Kier alpha value is -0.0700. The summed E-state index contributed by atoms with van der Waals surface area (Å²) in [5.74, 6) is 2.71. The molecule has 2 fully saturated rings. The molecule has 0 aromatic rings. The third kappa shape index (κ3) is 3.43. The summed E-state index contributed by atoms with van der Waals surface area (Å²) in [5.41, 5.74) is 8.50. The van der Waals surface area contributed by atoms with Crippen LogP contribution >= 0.6 is 9.24 Å². The summed E-state index contributed by atoms with van der Waals surface area (Å²) in [6.45, 7) is 9.47. The minimum atomic E-state index is 0.00836. The van der Waals surface area contributed by atoms with Crippen molar-refractivity contribution in [3.63, 3.8) is 0 Å². The highest BCUT2D eigenvalue weighted by molar-refractivity contribution is 7.19. The Kier molecular flexibility index (Phi) is 5.39. The molecule has 24 heavy (non-hydrogen) atoms. The van der Waals surface area contributed by atoms with E-state index in [-0.39, 0.29) is 5.54 Å². The lowest BCUT2D eigenvalue weighted by atomic mass is 9.69. The number of hydrogen-bond acceptors (Lipinski definition) is 2. The second-order valence-corrected chi connectivity index (χ2v) is 10.8. The average Bonchev–Trinajstić information content (AvgIpc) is 2.68. The van der Waals surface area contributed by atoms with Crippen LogP contribution in [0.3, 0.4) is 0 Å². The first kappa shape index (κ1) is 18.7. The lowest BCUT2D eigenvalue weighted by molar-refractivity contribution is 0.190. The molecule has 3 rings (SSSR count). The second-order valence-electron chi connectivity index (χ2n) is 9.65. The SMILES string of the molecule is CC(C)C1(N)CCC/C=C2/NC3CCCC(P)(C(C)C)CC3C2C1. The zero-order valence-electron chi connectivity index (χ0n) is 16.3. The number of allylic oxidation sites excluding steroid dienone is 2. The van der Waals surface area contributed by atoms with Crippen LogP contribution in [0.1, 0.15) is 79.1 Å². The third-order valence-corrected chi connectivity index (χ3v) is 8.86. The van der Waals surface area contributed by atoms with Crippen LogP contribution in [0.5, 0.6) is 0 Å². The highest BCUT2D eigenvalue weighted by Crippen LogP contribution is 2.51. The van der Waals surface area contributed by atoms with Gasteiger partial charge < -0.3 is 11.1 Å². The highest BCUT2D eigenvalue weighted by atomic mass is 31.0.